The fourth-order valence-electron chi connectivity index (χ4n) is 0.397. The maximum atomic E-state index is 8.80. The third kappa shape index (κ3) is 3.66. The zero-order valence-corrected chi connectivity index (χ0v) is 5.02. The minimum absolute atomic E-state index is 0.496. The molecule has 0 radical (unpaired) electrons. The van der Waals surface area contributed by atoms with Crippen LogP contribution in [0.15, 0.2) is 0 Å². The predicted octanol–water partition coefficient (Wildman–Crippen LogP) is -0.281. The van der Waals surface area contributed by atoms with Crippen LogP contribution in [0.1, 0.15) is 13.3 Å². The number of aliphatic hydroxyl groups excluding tert-OH is 1. The number of aliphatic hydroxyl groups is 1. The number of hydrogen-bond acceptors (Lipinski definition) is 2. The van der Waals surface area contributed by atoms with Gasteiger partial charge in [0.1, 0.15) is 6.10 Å². The summed E-state index contributed by atoms with van der Waals surface area (Å²) in [7, 11) is 0. The lowest BCUT2D eigenvalue weighted by atomic mass is 10.2. The smallest absolute Gasteiger partial charge is 0.115 e. The van der Waals surface area contributed by atoms with Crippen molar-refractivity contribution >= 4 is 0 Å². The van der Waals surface area contributed by atoms with Crippen LogP contribution >= 0.6 is 0 Å². The van der Waals surface area contributed by atoms with Gasteiger partial charge in [0, 0.05) is 0 Å². The van der Waals surface area contributed by atoms with Gasteiger partial charge < -0.3 is 10.8 Å². The van der Waals surface area contributed by atoms with Gasteiger partial charge in [-0.15, -0.1) is 5.92 Å². The zero-order chi connectivity index (χ0) is 6.41. The van der Waals surface area contributed by atoms with Gasteiger partial charge in [-0.2, -0.15) is 0 Å². The molecule has 0 aromatic rings. The molecule has 0 rings (SSSR count). The molecule has 0 saturated heterocycles. The van der Waals surface area contributed by atoms with E-state index in [1.165, 1.54) is 0 Å². The highest BCUT2D eigenvalue weighted by molar-refractivity contribution is 5.01. The van der Waals surface area contributed by atoms with Crippen molar-refractivity contribution < 1.29 is 5.11 Å². The molecular formula is C6H11NO. The molecule has 2 heteroatoms. The molecule has 0 aromatic carbocycles. The Kier molecular flexibility index (Phi) is 4.33. The lowest BCUT2D eigenvalue weighted by molar-refractivity contribution is 0.225. The SMILES string of the molecule is CC#CC(O)CCN. The molecule has 0 saturated carbocycles. The minimum Gasteiger partial charge on any atom is -0.380 e. The summed E-state index contributed by atoms with van der Waals surface area (Å²) in [4.78, 5) is 0. The molecule has 1 unspecified atom stereocenters. The van der Waals surface area contributed by atoms with Gasteiger partial charge in [-0.25, -0.2) is 0 Å². The molecule has 0 aliphatic rings. The van der Waals surface area contributed by atoms with E-state index in [0.717, 1.165) is 0 Å². The van der Waals surface area contributed by atoms with Crippen LogP contribution in [0.4, 0.5) is 0 Å². The summed E-state index contributed by atoms with van der Waals surface area (Å²) in [6.45, 7) is 2.19. The summed E-state index contributed by atoms with van der Waals surface area (Å²) in [6, 6.07) is 0. The van der Waals surface area contributed by atoms with Crippen LogP contribution in [0.5, 0.6) is 0 Å². The average molecular weight is 113 g/mol. The van der Waals surface area contributed by atoms with E-state index < -0.39 is 6.10 Å². The van der Waals surface area contributed by atoms with Crippen LogP contribution in [0.3, 0.4) is 0 Å². The van der Waals surface area contributed by atoms with Crippen molar-refractivity contribution in [2.45, 2.75) is 19.4 Å². The fraction of sp³-hybridized carbons (Fsp3) is 0.667. The first-order valence-electron chi connectivity index (χ1n) is 2.61. The van der Waals surface area contributed by atoms with E-state index >= 15 is 0 Å². The summed E-state index contributed by atoms with van der Waals surface area (Å²) >= 11 is 0. The average Bonchev–Trinajstić information content (AvgIpc) is 1.68. The Hall–Kier alpha value is -0.520. The Morgan fingerprint density at radius 1 is 1.75 bits per heavy atom. The Labute approximate surface area is 49.7 Å². The largest absolute Gasteiger partial charge is 0.380 e. The first kappa shape index (κ1) is 7.48. The molecular weight excluding hydrogens is 102 g/mol. The second kappa shape index (κ2) is 4.63. The molecule has 8 heavy (non-hydrogen) atoms. The zero-order valence-electron chi connectivity index (χ0n) is 5.02. The van der Waals surface area contributed by atoms with Crippen molar-refractivity contribution in [2.24, 2.45) is 5.73 Å². The highest BCUT2D eigenvalue weighted by Crippen LogP contribution is 1.83. The van der Waals surface area contributed by atoms with Crippen molar-refractivity contribution in [3.63, 3.8) is 0 Å². The standard InChI is InChI=1S/C6H11NO/c1-2-3-6(8)4-5-7/h6,8H,4-5,7H2,1H3. The lowest BCUT2D eigenvalue weighted by Crippen LogP contribution is -2.10. The topological polar surface area (TPSA) is 46.2 Å². The highest BCUT2D eigenvalue weighted by atomic mass is 16.3. The van der Waals surface area contributed by atoms with Crippen LogP contribution in [0, 0.1) is 11.8 Å². The number of rotatable bonds is 2. The lowest BCUT2D eigenvalue weighted by Gasteiger charge is -1.96. The van der Waals surface area contributed by atoms with Crippen LogP contribution in [0.25, 0.3) is 0 Å². The quantitative estimate of drug-likeness (QED) is 0.484. The van der Waals surface area contributed by atoms with Crippen LogP contribution in [-0.2, 0) is 0 Å². The molecule has 0 aliphatic carbocycles. The van der Waals surface area contributed by atoms with Crippen molar-refractivity contribution in [1.82, 2.24) is 0 Å². The Balaban J connectivity index is 3.27. The first-order valence-corrected chi connectivity index (χ1v) is 2.61. The highest BCUT2D eigenvalue weighted by Gasteiger charge is 1.92. The molecule has 0 spiro atoms. The van der Waals surface area contributed by atoms with Crippen molar-refractivity contribution in [3.05, 3.63) is 0 Å². The molecule has 1 atom stereocenters. The normalized spacial score (nSPS) is 11.9. The summed E-state index contributed by atoms with van der Waals surface area (Å²) in [5.41, 5.74) is 5.13. The van der Waals surface area contributed by atoms with Crippen molar-refractivity contribution in [2.75, 3.05) is 6.54 Å². The summed E-state index contributed by atoms with van der Waals surface area (Å²) in [5.74, 6) is 5.17. The maximum absolute atomic E-state index is 8.80. The fourth-order valence-corrected chi connectivity index (χ4v) is 0.397. The molecule has 46 valence electrons. The minimum atomic E-state index is -0.523. The predicted molar refractivity (Wildman–Crippen MR) is 33.1 cm³/mol. The van der Waals surface area contributed by atoms with E-state index in [9.17, 15) is 0 Å². The Morgan fingerprint density at radius 2 is 2.38 bits per heavy atom. The molecule has 0 amide bonds. The van der Waals surface area contributed by atoms with E-state index in [1.54, 1.807) is 6.92 Å². The van der Waals surface area contributed by atoms with E-state index in [2.05, 4.69) is 11.8 Å². The summed E-state index contributed by atoms with van der Waals surface area (Å²) in [5, 5.41) is 8.80. The van der Waals surface area contributed by atoms with Gasteiger partial charge >= 0.3 is 0 Å². The second-order valence-corrected chi connectivity index (χ2v) is 1.49. The number of hydrogen-bond donors (Lipinski definition) is 2. The Bertz CT molecular complexity index is 101. The van der Waals surface area contributed by atoms with Gasteiger partial charge in [0.15, 0.2) is 0 Å². The summed E-state index contributed by atoms with van der Waals surface area (Å²) < 4.78 is 0. The molecule has 3 N–H and O–H groups in total. The van der Waals surface area contributed by atoms with Gasteiger partial charge in [0.05, 0.1) is 0 Å². The third-order valence-corrected chi connectivity index (χ3v) is 0.751. The molecule has 2 nitrogen and oxygen atoms in total. The molecule has 0 aliphatic heterocycles. The number of nitrogens with two attached hydrogens (primary N) is 1. The monoisotopic (exact) mass is 113 g/mol. The first-order chi connectivity index (χ1) is 3.81. The van der Waals surface area contributed by atoms with Crippen LogP contribution in [0.2, 0.25) is 0 Å². The van der Waals surface area contributed by atoms with E-state index in [1.807, 2.05) is 0 Å². The van der Waals surface area contributed by atoms with E-state index in [-0.39, 0.29) is 0 Å². The third-order valence-electron chi connectivity index (χ3n) is 0.751. The van der Waals surface area contributed by atoms with Crippen molar-refractivity contribution in [3.8, 4) is 11.8 Å². The van der Waals surface area contributed by atoms with Crippen LogP contribution in [-0.4, -0.2) is 17.8 Å². The summed E-state index contributed by atoms with van der Waals surface area (Å²) in [6.07, 6.45) is 0.0471. The molecule has 0 bridgehead atoms. The molecule has 0 fully saturated rings. The molecule has 0 aromatic heterocycles. The maximum Gasteiger partial charge on any atom is 0.115 e. The van der Waals surface area contributed by atoms with Crippen molar-refractivity contribution in [1.29, 1.82) is 0 Å². The second-order valence-electron chi connectivity index (χ2n) is 1.49. The van der Waals surface area contributed by atoms with E-state index in [4.69, 9.17) is 10.8 Å². The van der Waals surface area contributed by atoms with Gasteiger partial charge in [-0.1, -0.05) is 5.92 Å². The van der Waals surface area contributed by atoms with Gasteiger partial charge in [0.2, 0.25) is 0 Å². The van der Waals surface area contributed by atoms with Gasteiger partial charge in [-0.3, -0.25) is 0 Å². The van der Waals surface area contributed by atoms with Gasteiger partial charge in [-0.05, 0) is 19.9 Å². The Morgan fingerprint density at radius 3 is 2.75 bits per heavy atom. The van der Waals surface area contributed by atoms with Crippen LogP contribution < -0.4 is 5.73 Å². The molecule has 0 heterocycles. The van der Waals surface area contributed by atoms with Gasteiger partial charge in [0.25, 0.3) is 0 Å². The van der Waals surface area contributed by atoms with E-state index in [0.29, 0.717) is 13.0 Å².